The highest BCUT2D eigenvalue weighted by Gasteiger charge is 2.46. The molecule has 3 fully saturated rings. The fourth-order valence-electron chi connectivity index (χ4n) is 3.91. The van der Waals surface area contributed by atoms with Crippen LogP contribution in [-0.2, 0) is 4.74 Å². The van der Waals surface area contributed by atoms with Gasteiger partial charge in [0.1, 0.15) is 5.60 Å². The van der Waals surface area contributed by atoms with Gasteiger partial charge in [0.25, 0.3) is 0 Å². The van der Waals surface area contributed by atoms with Crippen molar-refractivity contribution in [2.75, 3.05) is 13.1 Å². The van der Waals surface area contributed by atoms with Gasteiger partial charge in [0, 0.05) is 19.1 Å². The molecule has 2 aliphatic heterocycles. The number of carbonyl (C=O) groups is 2. The van der Waals surface area contributed by atoms with Crippen molar-refractivity contribution in [3.63, 3.8) is 0 Å². The normalized spacial score (nSPS) is 29.5. The third-order valence-corrected chi connectivity index (χ3v) is 4.85. The predicted octanol–water partition coefficient (Wildman–Crippen LogP) is 2.33. The molecule has 3 amide bonds. The molecule has 1 saturated carbocycles. The van der Waals surface area contributed by atoms with Gasteiger partial charge in [0.15, 0.2) is 0 Å². The minimum absolute atomic E-state index is 0.0365. The lowest BCUT2D eigenvalue weighted by Crippen LogP contribution is -2.54. The van der Waals surface area contributed by atoms with E-state index in [9.17, 15) is 9.59 Å². The maximum atomic E-state index is 12.3. The molecule has 1 N–H and O–H groups in total. The summed E-state index contributed by atoms with van der Waals surface area (Å²) in [6, 6.07) is 0.708. The largest absolute Gasteiger partial charge is 0.444 e. The van der Waals surface area contributed by atoms with E-state index in [1.54, 1.807) is 4.90 Å². The van der Waals surface area contributed by atoms with Gasteiger partial charge in [-0.05, 0) is 40.0 Å². The molecule has 6 heteroatoms. The van der Waals surface area contributed by atoms with E-state index in [1.807, 2.05) is 20.8 Å². The zero-order chi connectivity index (χ0) is 15.9. The number of fused-ring (bicyclic) bond motifs is 1. The van der Waals surface area contributed by atoms with Crippen molar-refractivity contribution in [2.45, 2.75) is 76.6 Å². The molecule has 0 radical (unpaired) electrons. The van der Waals surface area contributed by atoms with Crippen LogP contribution in [0.25, 0.3) is 0 Å². The van der Waals surface area contributed by atoms with Gasteiger partial charge in [0.05, 0.1) is 12.1 Å². The Morgan fingerprint density at radius 3 is 2.55 bits per heavy atom. The molecule has 0 aromatic carbocycles. The summed E-state index contributed by atoms with van der Waals surface area (Å²) >= 11 is 0. The minimum atomic E-state index is -0.483. The number of likely N-dealkylation sites (tertiary alicyclic amines) is 1. The van der Waals surface area contributed by atoms with E-state index < -0.39 is 5.60 Å². The van der Waals surface area contributed by atoms with Crippen molar-refractivity contribution in [3.8, 4) is 0 Å². The second kappa shape index (κ2) is 5.63. The number of ether oxygens (including phenoxy) is 1. The Hall–Kier alpha value is -1.46. The van der Waals surface area contributed by atoms with Gasteiger partial charge in [-0.1, -0.05) is 12.8 Å². The number of urea groups is 1. The number of carbonyl (C=O) groups excluding carboxylic acids is 2. The van der Waals surface area contributed by atoms with E-state index in [2.05, 4.69) is 10.2 Å². The molecule has 124 valence electrons. The van der Waals surface area contributed by atoms with Crippen LogP contribution in [0.15, 0.2) is 0 Å². The molecule has 3 rings (SSSR count). The fraction of sp³-hybridized carbons (Fsp3) is 0.875. The van der Waals surface area contributed by atoms with E-state index in [1.165, 1.54) is 12.8 Å². The van der Waals surface area contributed by atoms with Gasteiger partial charge in [-0.25, -0.2) is 9.59 Å². The molecule has 1 aliphatic carbocycles. The number of hydrogen-bond donors (Lipinski definition) is 1. The quantitative estimate of drug-likeness (QED) is 0.808. The van der Waals surface area contributed by atoms with E-state index >= 15 is 0 Å². The predicted molar refractivity (Wildman–Crippen MR) is 82.6 cm³/mol. The molecule has 2 atom stereocenters. The summed E-state index contributed by atoms with van der Waals surface area (Å²) in [6.07, 6.45) is 5.23. The van der Waals surface area contributed by atoms with Crippen LogP contribution in [0.4, 0.5) is 9.59 Å². The maximum absolute atomic E-state index is 12.3. The van der Waals surface area contributed by atoms with E-state index in [0.29, 0.717) is 19.1 Å². The van der Waals surface area contributed by atoms with Crippen LogP contribution >= 0.6 is 0 Å². The molecule has 6 nitrogen and oxygen atoms in total. The molecule has 0 unspecified atom stereocenters. The zero-order valence-corrected chi connectivity index (χ0v) is 13.8. The van der Waals surface area contributed by atoms with Gasteiger partial charge >= 0.3 is 12.1 Å². The first-order chi connectivity index (χ1) is 10.3. The first-order valence-electron chi connectivity index (χ1n) is 8.42. The standard InChI is InChI=1S/C16H27N3O3/c1-16(2,3)22-15(21)18-9-8-13-12(10-18)17-14(20)19(13)11-6-4-5-7-11/h11-13H,4-10H2,1-3H3,(H,17,20)/t12-,13+/m0/s1. The highest BCUT2D eigenvalue weighted by molar-refractivity contribution is 5.78. The summed E-state index contributed by atoms with van der Waals surface area (Å²) in [5.41, 5.74) is -0.483. The first-order valence-corrected chi connectivity index (χ1v) is 8.42. The van der Waals surface area contributed by atoms with E-state index in [0.717, 1.165) is 19.3 Å². The highest BCUT2D eigenvalue weighted by Crippen LogP contribution is 2.32. The zero-order valence-electron chi connectivity index (χ0n) is 13.8. The van der Waals surface area contributed by atoms with Crippen LogP contribution in [-0.4, -0.2) is 58.7 Å². The molecule has 0 aromatic rings. The number of amides is 3. The Morgan fingerprint density at radius 2 is 1.91 bits per heavy atom. The van der Waals surface area contributed by atoms with Crippen LogP contribution in [0.2, 0.25) is 0 Å². The maximum Gasteiger partial charge on any atom is 0.410 e. The fourth-order valence-corrected chi connectivity index (χ4v) is 3.91. The molecular weight excluding hydrogens is 282 g/mol. The number of piperidine rings is 1. The lowest BCUT2D eigenvalue weighted by molar-refractivity contribution is 0.0149. The van der Waals surface area contributed by atoms with Crippen molar-refractivity contribution in [1.29, 1.82) is 0 Å². The van der Waals surface area contributed by atoms with Crippen LogP contribution in [0.5, 0.6) is 0 Å². The van der Waals surface area contributed by atoms with E-state index in [4.69, 9.17) is 4.74 Å². The molecule has 2 saturated heterocycles. The van der Waals surface area contributed by atoms with Gasteiger partial charge in [-0.3, -0.25) is 0 Å². The lowest BCUT2D eigenvalue weighted by Gasteiger charge is -2.38. The monoisotopic (exact) mass is 309 g/mol. The average molecular weight is 309 g/mol. The summed E-state index contributed by atoms with van der Waals surface area (Å²) < 4.78 is 5.44. The van der Waals surface area contributed by atoms with Gasteiger partial charge in [-0.2, -0.15) is 0 Å². The number of nitrogens with one attached hydrogen (secondary N) is 1. The second-order valence-electron chi connectivity index (χ2n) is 7.68. The van der Waals surface area contributed by atoms with Crippen LogP contribution in [0, 0.1) is 0 Å². The smallest absolute Gasteiger partial charge is 0.410 e. The molecule has 0 aromatic heterocycles. The Labute approximate surface area is 132 Å². The van der Waals surface area contributed by atoms with Crippen LogP contribution in [0.3, 0.4) is 0 Å². The third kappa shape index (κ3) is 3.01. The Balaban J connectivity index is 1.63. The Kier molecular flexibility index (Phi) is 3.95. The Bertz CT molecular complexity index is 454. The number of rotatable bonds is 1. The van der Waals surface area contributed by atoms with E-state index in [-0.39, 0.29) is 24.2 Å². The summed E-state index contributed by atoms with van der Waals surface area (Å²) in [6.45, 7) is 6.83. The third-order valence-electron chi connectivity index (χ3n) is 4.85. The topological polar surface area (TPSA) is 61.9 Å². The molecule has 0 spiro atoms. The minimum Gasteiger partial charge on any atom is -0.444 e. The van der Waals surface area contributed by atoms with Crippen LogP contribution in [0.1, 0.15) is 52.9 Å². The summed E-state index contributed by atoms with van der Waals surface area (Å²) in [5, 5.41) is 3.07. The van der Waals surface area contributed by atoms with Gasteiger partial charge in [0.2, 0.25) is 0 Å². The summed E-state index contributed by atoms with van der Waals surface area (Å²) in [5.74, 6) is 0. The molecule has 22 heavy (non-hydrogen) atoms. The van der Waals surface area contributed by atoms with Crippen molar-refractivity contribution in [1.82, 2.24) is 15.1 Å². The van der Waals surface area contributed by atoms with Crippen LogP contribution < -0.4 is 5.32 Å². The van der Waals surface area contributed by atoms with Crippen molar-refractivity contribution >= 4 is 12.1 Å². The van der Waals surface area contributed by atoms with Crippen molar-refractivity contribution < 1.29 is 14.3 Å². The first kappa shape index (κ1) is 15.4. The average Bonchev–Trinajstić information content (AvgIpc) is 3.01. The van der Waals surface area contributed by atoms with Gasteiger partial charge < -0.3 is 19.9 Å². The summed E-state index contributed by atoms with van der Waals surface area (Å²) in [4.78, 5) is 28.3. The summed E-state index contributed by atoms with van der Waals surface area (Å²) in [7, 11) is 0. The van der Waals surface area contributed by atoms with Crippen molar-refractivity contribution in [3.05, 3.63) is 0 Å². The molecule has 2 heterocycles. The molecular formula is C16H27N3O3. The molecule has 0 bridgehead atoms. The lowest BCUT2D eigenvalue weighted by atomic mass is 9.98. The molecule has 3 aliphatic rings. The number of hydrogen-bond acceptors (Lipinski definition) is 3. The number of nitrogens with zero attached hydrogens (tertiary/aromatic N) is 2. The Morgan fingerprint density at radius 1 is 1.23 bits per heavy atom. The van der Waals surface area contributed by atoms with Gasteiger partial charge in [-0.15, -0.1) is 0 Å². The van der Waals surface area contributed by atoms with Crippen molar-refractivity contribution in [2.24, 2.45) is 0 Å². The SMILES string of the molecule is CC(C)(C)OC(=O)N1CC[C@@H]2[C@H](C1)NC(=O)N2C1CCCC1. The highest BCUT2D eigenvalue weighted by atomic mass is 16.6. The second-order valence-corrected chi connectivity index (χ2v) is 7.68.